The third-order valence-electron chi connectivity index (χ3n) is 2.87. The van der Waals surface area contributed by atoms with E-state index in [-0.39, 0.29) is 0 Å². The Labute approximate surface area is 114 Å². The van der Waals surface area contributed by atoms with Crippen LogP contribution in [0.2, 0.25) is 0 Å². The van der Waals surface area contributed by atoms with Crippen LogP contribution in [0, 0.1) is 0 Å². The number of nitrogens with one attached hydrogen (secondary N) is 1. The molecule has 3 heteroatoms. The third-order valence-corrected chi connectivity index (χ3v) is 3.83. The highest BCUT2D eigenvalue weighted by Crippen LogP contribution is 2.21. The van der Waals surface area contributed by atoms with Crippen molar-refractivity contribution in [2.24, 2.45) is 0 Å². The number of hydrogen-bond donors (Lipinski definition) is 1. The van der Waals surface area contributed by atoms with E-state index in [4.69, 9.17) is 4.74 Å². The summed E-state index contributed by atoms with van der Waals surface area (Å²) in [6.07, 6.45) is 3.03. The van der Waals surface area contributed by atoms with Crippen LogP contribution in [0.4, 0.5) is 0 Å². The first-order valence-electron chi connectivity index (χ1n) is 6.81. The molecule has 1 aliphatic carbocycles. The normalized spacial score (nSPS) is 15.3. The van der Waals surface area contributed by atoms with Gasteiger partial charge in [0.2, 0.25) is 0 Å². The van der Waals surface area contributed by atoms with Crippen LogP contribution < -0.4 is 5.32 Å². The van der Waals surface area contributed by atoms with E-state index in [1.807, 2.05) is 11.8 Å². The molecule has 2 rings (SSSR count). The minimum Gasteiger partial charge on any atom is -0.378 e. The van der Waals surface area contributed by atoms with Crippen molar-refractivity contribution in [1.82, 2.24) is 5.32 Å². The van der Waals surface area contributed by atoms with Crippen molar-refractivity contribution in [2.75, 3.05) is 12.4 Å². The smallest absolute Gasteiger partial charge is 0.0563 e. The van der Waals surface area contributed by atoms with E-state index >= 15 is 0 Å². The summed E-state index contributed by atoms with van der Waals surface area (Å²) in [6, 6.07) is 9.59. The average molecular weight is 265 g/mol. The molecule has 0 spiro atoms. The molecule has 0 saturated heterocycles. The first kappa shape index (κ1) is 13.9. The van der Waals surface area contributed by atoms with E-state index in [1.165, 1.54) is 23.3 Å². The maximum absolute atomic E-state index is 5.55. The lowest BCUT2D eigenvalue weighted by Gasteiger charge is -2.08. The van der Waals surface area contributed by atoms with Gasteiger partial charge in [-0.1, -0.05) is 12.1 Å². The van der Waals surface area contributed by atoms with Gasteiger partial charge < -0.3 is 10.1 Å². The zero-order valence-corrected chi connectivity index (χ0v) is 12.1. The van der Waals surface area contributed by atoms with Crippen LogP contribution >= 0.6 is 11.8 Å². The molecular formula is C15H23NOS. The molecule has 1 aromatic carbocycles. The Morgan fingerprint density at radius 2 is 2.22 bits per heavy atom. The van der Waals surface area contributed by atoms with Crippen LogP contribution in [0.1, 0.15) is 32.3 Å². The van der Waals surface area contributed by atoms with E-state index in [0.717, 1.165) is 24.9 Å². The van der Waals surface area contributed by atoms with Gasteiger partial charge in [0, 0.05) is 23.2 Å². The first-order chi connectivity index (χ1) is 8.74. The molecule has 0 radical (unpaired) electrons. The largest absolute Gasteiger partial charge is 0.378 e. The second-order valence-corrected chi connectivity index (χ2v) is 6.24. The molecule has 100 valence electrons. The Morgan fingerprint density at radius 1 is 1.39 bits per heavy atom. The van der Waals surface area contributed by atoms with E-state index in [1.54, 1.807) is 0 Å². The number of ether oxygens (including phenoxy) is 1. The molecule has 1 saturated carbocycles. The quantitative estimate of drug-likeness (QED) is 0.574. The second-order valence-electron chi connectivity index (χ2n) is 5.07. The first-order valence-corrected chi connectivity index (χ1v) is 7.79. The minimum atomic E-state index is 0.333. The predicted molar refractivity (Wildman–Crippen MR) is 78.1 cm³/mol. The zero-order chi connectivity index (χ0) is 12.8. The van der Waals surface area contributed by atoms with Crippen molar-refractivity contribution in [2.45, 2.75) is 50.3 Å². The van der Waals surface area contributed by atoms with Gasteiger partial charge in [-0.25, -0.2) is 0 Å². The van der Waals surface area contributed by atoms with E-state index in [0.29, 0.717) is 6.10 Å². The van der Waals surface area contributed by atoms with Crippen molar-refractivity contribution in [3.63, 3.8) is 0 Å². The van der Waals surface area contributed by atoms with Crippen LogP contribution in [-0.2, 0) is 11.3 Å². The summed E-state index contributed by atoms with van der Waals surface area (Å²) in [5.74, 6) is 1.03. The summed E-state index contributed by atoms with van der Waals surface area (Å²) in [6.45, 7) is 5.98. The maximum Gasteiger partial charge on any atom is 0.0563 e. The SMILES string of the molecule is CC(C)OCCSc1cccc(CNC2CC2)c1. The van der Waals surface area contributed by atoms with Crippen LogP contribution in [-0.4, -0.2) is 24.5 Å². The fraction of sp³-hybridized carbons (Fsp3) is 0.600. The van der Waals surface area contributed by atoms with Crippen LogP contribution in [0.25, 0.3) is 0 Å². The van der Waals surface area contributed by atoms with Crippen molar-refractivity contribution >= 4 is 11.8 Å². The highest BCUT2D eigenvalue weighted by molar-refractivity contribution is 7.99. The monoisotopic (exact) mass is 265 g/mol. The number of thioether (sulfide) groups is 1. The standard InChI is InChI=1S/C15H23NOS/c1-12(2)17-8-9-18-15-5-3-4-13(10-15)11-16-14-6-7-14/h3-5,10,12,14,16H,6-9,11H2,1-2H3. The van der Waals surface area contributed by atoms with Gasteiger partial charge in [-0.15, -0.1) is 11.8 Å². The van der Waals surface area contributed by atoms with Crippen molar-refractivity contribution in [3.05, 3.63) is 29.8 Å². The molecule has 1 aromatic rings. The highest BCUT2D eigenvalue weighted by Gasteiger charge is 2.19. The topological polar surface area (TPSA) is 21.3 Å². The molecule has 1 fully saturated rings. The Hall–Kier alpha value is -0.510. The molecule has 0 amide bonds. The molecule has 0 aliphatic heterocycles. The minimum absolute atomic E-state index is 0.333. The summed E-state index contributed by atoms with van der Waals surface area (Å²) in [5, 5.41) is 3.55. The molecule has 0 bridgehead atoms. The van der Waals surface area contributed by atoms with Gasteiger partial charge in [-0.3, -0.25) is 0 Å². The van der Waals surface area contributed by atoms with Gasteiger partial charge >= 0.3 is 0 Å². The molecule has 18 heavy (non-hydrogen) atoms. The average Bonchev–Trinajstić information content (AvgIpc) is 3.17. The van der Waals surface area contributed by atoms with E-state index in [9.17, 15) is 0 Å². The van der Waals surface area contributed by atoms with Gasteiger partial charge in [0.25, 0.3) is 0 Å². The lowest BCUT2D eigenvalue weighted by Crippen LogP contribution is -2.15. The summed E-state index contributed by atoms with van der Waals surface area (Å²) >= 11 is 1.87. The Bertz CT molecular complexity index is 363. The maximum atomic E-state index is 5.55. The third kappa shape index (κ3) is 5.42. The molecule has 0 unspecified atom stereocenters. The van der Waals surface area contributed by atoms with Gasteiger partial charge in [0.05, 0.1) is 12.7 Å². The number of hydrogen-bond acceptors (Lipinski definition) is 3. The van der Waals surface area contributed by atoms with Crippen molar-refractivity contribution < 1.29 is 4.74 Å². The fourth-order valence-electron chi connectivity index (χ4n) is 1.74. The van der Waals surface area contributed by atoms with Crippen LogP contribution in [0.3, 0.4) is 0 Å². The zero-order valence-electron chi connectivity index (χ0n) is 11.3. The van der Waals surface area contributed by atoms with E-state index in [2.05, 4.69) is 43.4 Å². The second kappa shape index (κ2) is 7.17. The summed E-state index contributed by atoms with van der Waals surface area (Å²) in [7, 11) is 0. The number of benzene rings is 1. The fourth-order valence-corrected chi connectivity index (χ4v) is 2.56. The molecule has 2 nitrogen and oxygen atoms in total. The summed E-state index contributed by atoms with van der Waals surface area (Å²) in [4.78, 5) is 1.34. The molecule has 0 aromatic heterocycles. The molecule has 0 heterocycles. The van der Waals surface area contributed by atoms with Gasteiger partial charge in [-0.2, -0.15) is 0 Å². The van der Waals surface area contributed by atoms with Crippen molar-refractivity contribution in [1.29, 1.82) is 0 Å². The molecule has 1 N–H and O–H groups in total. The summed E-state index contributed by atoms with van der Waals surface area (Å²) < 4.78 is 5.55. The molecular weight excluding hydrogens is 242 g/mol. The van der Waals surface area contributed by atoms with Crippen LogP contribution in [0.5, 0.6) is 0 Å². The van der Waals surface area contributed by atoms with Gasteiger partial charge in [-0.05, 0) is 44.4 Å². The lowest BCUT2D eigenvalue weighted by molar-refractivity contribution is 0.0920. The number of rotatable bonds is 8. The Morgan fingerprint density at radius 3 is 2.94 bits per heavy atom. The van der Waals surface area contributed by atoms with Gasteiger partial charge in [0.1, 0.15) is 0 Å². The Balaban J connectivity index is 1.71. The van der Waals surface area contributed by atoms with E-state index < -0.39 is 0 Å². The highest BCUT2D eigenvalue weighted by atomic mass is 32.2. The molecule has 0 atom stereocenters. The lowest BCUT2D eigenvalue weighted by atomic mass is 10.2. The van der Waals surface area contributed by atoms with Crippen molar-refractivity contribution in [3.8, 4) is 0 Å². The predicted octanol–water partition coefficient (Wildman–Crippen LogP) is 3.46. The molecule has 1 aliphatic rings. The van der Waals surface area contributed by atoms with Gasteiger partial charge in [0.15, 0.2) is 0 Å². The Kier molecular flexibility index (Phi) is 5.54. The van der Waals surface area contributed by atoms with Crippen LogP contribution in [0.15, 0.2) is 29.2 Å². The summed E-state index contributed by atoms with van der Waals surface area (Å²) in [5.41, 5.74) is 1.39.